The van der Waals surface area contributed by atoms with E-state index in [-0.39, 0.29) is 18.1 Å². The van der Waals surface area contributed by atoms with Gasteiger partial charge in [-0.15, -0.1) is 0 Å². The van der Waals surface area contributed by atoms with Crippen molar-refractivity contribution < 1.29 is 22.7 Å². The summed E-state index contributed by atoms with van der Waals surface area (Å²) in [6.45, 7) is 5.49. The Morgan fingerprint density at radius 2 is 1.85 bits per heavy atom. The van der Waals surface area contributed by atoms with E-state index < -0.39 is 21.8 Å². The zero-order valence-corrected chi connectivity index (χ0v) is 15.8. The summed E-state index contributed by atoms with van der Waals surface area (Å²) in [5.41, 5.74) is 0.372. The summed E-state index contributed by atoms with van der Waals surface area (Å²) in [7, 11) is -4.16. The number of benzene rings is 2. The molecule has 6 nitrogen and oxygen atoms in total. The van der Waals surface area contributed by atoms with Crippen LogP contribution in [0.1, 0.15) is 11.1 Å². The summed E-state index contributed by atoms with van der Waals surface area (Å²) in [6, 6.07) is 15.9. The number of aryl methyl sites for hydroxylation is 1. The first kappa shape index (κ1) is 19.1. The molecule has 1 unspecified atom stereocenters. The number of hydrogen-bond acceptors (Lipinski definition) is 5. The minimum atomic E-state index is -4.16. The maximum atomic E-state index is 13.1. The van der Waals surface area contributed by atoms with Crippen LogP contribution in [0.15, 0.2) is 72.1 Å². The number of sulfonamides is 1. The van der Waals surface area contributed by atoms with Crippen molar-refractivity contribution in [3.63, 3.8) is 0 Å². The van der Waals surface area contributed by atoms with Crippen LogP contribution >= 0.6 is 0 Å². The Morgan fingerprint density at radius 3 is 2.48 bits per heavy atom. The average Bonchev–Trinajstić information content (AvgIpc) is 3.00. The van der Waals surface area contributed by atoms with E-state index in [2.05, 4.69) is 6.58 Å². The van der Waals surface area contributed by atoms with E-state index in [1.165, 1.54) is 18.2 Å². The average molecular weight is 387 g/mol. The second-order valence-corrected chi connectivity index (χ2v) is 8.06. The van der Waals surface area contributed by atoms with Gasteiger partial charge in [0.05, 0.1) is 11.5 Å². The van der Waals surface area contributed by atoms with Crippen molar-refractivity contribution in [3.05, 3.63) is 78.4 Å². The quantitative estimate of drug-likeness (QED) is 0.682. The lowest BCUT2D eigenvalue weighted by molar-refractivity contribution is -0.0559. The molecule has 0 radical (unpaired) electrons. The van der Waals surface area contributed by atoms with E-state index in [1.54, 1.807) is 12.1 Å². The van der Waals surface area contributed by atoms with E-state index in [0.717, 1.165) is 11.1 Å². The van der Waals surface area contributed by atoms with Crippen LogP contribution in [0.4, 0.5) is 4.79 Å². The maximum absolute atomic E-state index is 13.1. The highest BCUT2D eigenvalue weighted by Gasteiger charge is 2.53. The van der Waals surface area contributed by atoms with Gasteiger partial charge in [0, 0.05) is 0 Å². The fraction of sp³-hybridized carbons (Fsp3) is 0.250. The Morgan fingerprint density at radius 1 is 1.19 bits per heavy atom. The normalized spacial score (nSPS) is 19.7. The van der Waals surface area contributed by atoms with Gasteiger partial charge in [0.15, 0.2) is 0 Å². The Bertz CT molecular complexity index is 925. The Hall–Kier alpha value is -2.64. The number of carbonyl (C=O) groups excluding carboxylic acids is 1. The van der Waals surface area contributed by atoms with Gasteiger partial charge in [-0.25, -0.2) is 13.2 Å². The van der Waals surface area contributed by atoms with Gasteiger partial charge in [-0.3, -0.25) is 0 Å². The van der Waals surface area contributed by atoms with Crippen molar-refractivity contribution in [2.75, 3.05) is 13.2 Å². The Balaban J connectivity index is 1.86. The predicted molar refractivity (Wildman–Crippen MR) is 101 cm³/mol. The highest BCUT2D eigenvalue weighted by molar-refractivity contribution is 7.89. The first-order valence-electron chi connectivity index (χ1n) is 8.49. The number of carbonyl (C=O) groups is 1. The lowest BCUT2D eigenvalue weighted by Gasteiger charge is -2.31. The van der Waals surface area contributed by atoms with Crippen LogP contribution in [0.25, 0.3) is 0 Å². The van der Waals surface area contributed by atoms with Crippen LogP contribution in [0.2, 0.25) is 0 Å². The molecule has 0 aromatic heterocycles. The molecule has 142 valence electrons. The molecular formula is C20H21NO5S. The molecule has 0 spiro atoms. The molecule has 1 heterocycles. The molecule has 0 N–H and O–H groups in total. The van der Waals surface area contributed by atoms with Crippen LogP contribution < -0.4 is 0 Å². The molecule has 1 saturated heterocycles. The predicted octanol–water partition coefficient (Wildman–Crippen LogP) is 3.28. The second-order valence-electron chi connectivity index (χ2n) is 6.27. The van der Waals surface area contributed by atoms with Crippen molar-refractivity contribution in [1.82, 2.24) is 4.31 Å². The minimum Gasteiger partial charge on any atom is -0.443 e. The third-order valence-electron chi connectivity index (χ3n) is 4.38. The fourth-order valence-corrected chi connectivity index (χ4v) is 4.37. The van der Waals surface area contributed by atoms with Gasteiger partial charge in [0.25, 0.3) is 10.0 Å². The molecule has 2 aromatic carbocycles. The lowest BCUT2D eigenvalue weighted by atomic mass is 10.1. The van der Waals surface area contributed by atoms with Gasteiger partial charge in [0.1, 0.15) is 6.61 Å². The van der Waals surface area contributed by atoms with Crippen LogP contribution in [-0.4, -0.2) is 37.8 Å². The molecule has 0 bridgehead atoms. The zero-order chi connectivity index (χ0) is 19.5. The molecule has 2 aromatic rings. The molecule has 1 amide bonds. The maximum Gasteiger partial charge on any atom is 0.426 e. The van der Waals surface area contributed by atoms with E-state index in [1.807, 2.05) is 37.3 Å². The summed E-state index contributed by atoms with van der Waals surface area (Å²) in [5.74, 6) is 0. The third kappa shape index (κ3) is 3.74. The van der Waals surface area contributed by atoms with Crippen molar-refractivity contribution in [2.45, 2.75) is 24.0 Å². The second kappa shape index (κ2) is 7.54. The molecule has 1 aliphatic rings. The number of ether oxygens (including phenoxy) is 2. The third-order valence-corrected chi connectivity index (χ3v) is 6.18. The molecule has 1 aliphatic heterocycles. The van der Waals surface area contributed by atoms with Crippen molar-refractivity contribution in [1.29, 1.82) is 0 Å². The number of nitrogens with zero attached hydrogens (tertiary/aromatic N) is 1. The van der Waals surface area contributed by atoms with Crippen molar-refractivity contribution in [3.8, 4) is 0 Å². The topological polar surface area (TPSA) is 72.9 Å². The molecule has 27 heavy (non-hydrogen) atoms. The summed E-state index contributed by atoms with van der Waals surface area (Å²) in [6.07, 6.45) is 0.882. The summed E-state index contributed by atoms with van der Waals surface area (Å²) in [5, 5.41) is 0. The summed E-state index contributed by atoms with van der Waals surface area (Å²) in [4.78, 5) is 12.3. The van der Waals surface area contributed by atoms with Crippen LogP contribution in [0.5, 0.6) is 0 Å². The van der Waals surface area contributed by atoms with Gasteiger partial charge < -0.3 is 9.47 Å². The van der Waals surface area contributed by atoms with Gasteiger partial charge in [-0.05, 0) is 37.1 Å². The van der Waals surface area contributed by atoms with E-state index >= 15 is 0 Å². The smallest absolute Gasteiger partial charge is 0.426 e. The van der Waals surface area contributed by atoms with Crippen molar-refractivity contribution in [2.24, 2.45) is 0 Å². The first-order valence-corrected chi connectivity index (χ1v) is 9.93. The highest BCUT2D eigenvalue weighted by Crippen LogP contribution is 2.33. The van der Waals surface area contributed by atoms with Crippen molar-refractivity contribution >= 4 is 16.1 Å². The van der Waals surface area contributed by atoms with Gasteiger partial charge in [0.2, 0.25) is 5.72 Å². The SMILES string of the molecule is C=CC1(OCCc2ccccc2)COC(=O)N1S(=O)(=O)c1ccc(C)cc1. The van der Waals surface area contributed by atoms with Crippen LogP contribution in [0, 0.1) is 6.92 Å². The van der Waals surface area contributed by atoms with E-state index in [9.17, 15) is 13.2 Å². The molecule has 0 saturated carbocycles. The number of hydrogen-bond donors (Lipinski definition) is 0. The number of cyclic esters (lactones) is 1. The van der Waals surface area contributed by atoms with Gasteiger partial charge >= 0.3 is 6.09 Å². The molecule has 1 atom stereocenters. The largest absolute Gasteiger partial charge is 0.443 e. The van der Waals surface area contributed by atoms with Crippen LogP contribution in [0.3, 0.4) is 0 Å². The molecule has 0 aliphatic carbocycles. The summed E-state index contributed by atoms with van der Waals surface area (Å²) >= 11 is 0. The van der Waals surface area contributed by atoms with Crippen LogP contribution in [-0.2, 0) is 25.9 Å². The van der Waals surface area contributed by atoms with E-state index in [4.69, 9.17) is 9.47 Å². The zero-order valence-electron chi connectivity index (χ0n) is 15.0. The number of amides is 1. The highest BCUT2D eigenvalue weighted by atomic mass is 32.2. The molecule has 7 heteroatoms. The first-order chi connectivity index (χ1) is 12.9. The standard InChI is InChI=1S/C20H21NO5S/c1-3-20(26-14-13-17-7-5-4-6-8-17)15-25-19(22)21(20)27(23,24)18-11-9-16(2)10-12-18/h3-12H,1,13-15H2,2H3. The fourth-order valence-electron chi connectivity index (χ4n) is 2.85. The molecule has 3 rings (SSSR count). The molecular weight excluding hydrogens is 366 g/mol. The molecule has 1 fully saturated rings. The van der Waals surface area contributed by atoms with Gasteiger partial charge in [-0.1, -0.05) is 54.6 Å². The summed E-state index contributed by atoms with van der Waals surface area (Å²) < 4.78 is 37.6. The Labute approximate surface area is 159 Å². The monoisotopic (exact) mass is 387 g/mol. The Kier molecular flexibility index (Phi) is 5.34. The lowest BCUT2D eigenvalue weighted by Crippen LogP contribution is -2.51. The minimum absolute atomic E-state index is 0.00941. The van der Waals surface area contributed by atoms with Gasteiger partial charge in [-0.2, -0.15) is 4.31 Å². The van der Waals surface area contributed by atoms with E-state index in [0.29, 0.717) is 10.7 Å². The number of rotatable bonds is 7.